The van der Waals surface area contributed by atoms with Crippen LogP contribution in [0.3, 0.4) is 0 Å². The van der Waals surface area contributed by atoms with Gasteiger partial charge in [-0.15, -0.1) is 11.8 Å². The molecule has 1 amide bonds. The van der Waals surface area contributed by atoms with Crippen molar-refractivity contribution in [1.29, 1.82) is 0 Å². The molecule has 7 nitrogen and oxygen atoms in total. The van der Waals surface area contributed by atoms with Gasteiger partial charge in [0.05, 0.1) is 5.75 Å². The number of thioether (sulfide) groups is 1. The summed E-state index contributed by atoms with van der Waals surface area (Å²) < 4.78 is 10.8. The third-order valence-corrected chi connectivity index (χ3v) is 6.61. The minimum absolute atomic E-state index is 0.0833. The molecule has 2 rings (SSSR count). The maximum atomic E-state index is 12.7. The lowest BCUT2D eigenvalue weighted by molar-refractivity contribution is -0.149. The quantitative estimate of drug-likeness (QED) is 0.427. The summed E-state index contributed by atoms with van der Waals surface area (Å²) in [4.78, 5) is 41.6. The minimum Gasteiger partial charge on any atom is -0.515 e. The number of esters is 1. The molecule has 0 saturated carbocycles. The van der Waals surface area contributed by atoms with E-state index < -0.39 is 28.5 Å². The Morgan fingerprint density at radius 2 is 1.80 bits per heavy atom. The lowest BCUT2D eigenvalue weighted by atomic mass is 10.1. The average Bonchev–Trinajstić information content (AvgIpc) is 2.40. The van der Waals surface area contributed by atoms with Crippen molar-refractivity contribution >= 4 is 46.2 Å². The van der Waals surface area contributed by atoms with Crippen molar-refractivity contribution < 1.29 is 23.5 Å². The second-order valence-corrected chi connectivity index (χ2v) is 18.5. The van der Waals surface area contributed by atoms with Gasteiger partial charge < -0.3 is 14.1 Å². The van der Waals surface area contributed by atoms with Gasteiger partial charge >= 0.3 is 11.9 Å². The van der Waals surface area contributed by atoms with E-state index in [4.69, 9.17) is 9.16 Å². The zero-order valence-electron chi connectivity index (χ0n) is 15.8. The summed E-state index contributed by atoms with van der Waals surface area (Å²) in [5.41, 5.74) is 0.0833. The maximum Gasteiger partial charge on any atom is 0.345 e. The molecule has 1 N–H and O–H groups in total. The monoisotopic (exact) mass is 402 g/mol. The van der Waals surface area contributed by atoms with Crippen molar-refractivity contribution in [2.75, 3.05) is 5.75 Å². The van der Waals surface area contributed by atoms with Gasteiger partial charge in [-0.3, -0.25) is 14.5 Å². The van der Waals surface area contributed by atoms with Crippen LogP contribution in [0.5, 0.6) is 0 Å². The van der Waals surface area contributed by atoms with E-state index in [0.29, 0.717) is 5.75 Å². The SMILES string of the molecule is CC(=O)OC1=C(C(=O)O[Si](C)(C)C)N2C(=O)C(N[Si](C)(C)C)[C@H]2SC1. The Morgan fingerprint density at radius 3 is 2.28 bits per heavy atom. The zero-order chi connectivity index (χ0) is 19.2. The van der Waals surface area contributed by atoms with Gasteiger partial charge in [0.2, 0.25) is 14.2 Å². The fraction of sp³-hybridized carbons (Fsp3) is 0.667. The van der Waals surface area contributed by atoms with Crippen LogP contribution in [0.4, 0.5) is 0 Å². The smallest absolute Gasteiger partial charge is 0.345 e. The van der Waals surface area contributed by atoms with Gasteiger partial charge in [0.25, 0.3) is 0 Å². The molecule has 2 atom stereocenters. The summed E-state index contributed by atoms with van der Waals surface area (Å²) in [6.07, 6.45) is 0. The molecular weight excluding hydrogens is 376 g/mol. The zero-order valence-corrected chi connectivity index (χ0v) is 18.6. The Hall–Kier alpha value is -1.11. The van der Waals surface area contributed by atoms with Crippen molar-refractivity contribution in [3.05, 3.63) is 11.5 Å². The first kappa shape index (κ1) is 20.2. The Balaban J connectivity index is 2.32. The number of rotatable bonds is 5. The molecule has 0 aromatic carbocycles. The van der Waals surface area contributed by atoms with E-state index in [0.717, 1.165) is 0 Å². The normalized spacial score (nSPS) is 23.8. The molecule has 2 aliphatic heterocycles. The summed E-state index contributed by atoms with van der Waals surface area (Å²) in [7, 11) is -3.82. The van der Waals surface area contributed by atoms with Crippen molar-refractivity contribution in [2.45, 2.75) is 57.6 Å². The minimum atomic E-state index is -2.16. The predicted molar refractivity (Wildman–Crippen MR) is 102 cm³/mol. The summed E-state index contributed by atoms with van der Waals surface area (Å²) in [6, 6.07) is -0.315. The van der Waals surface area contributed by atoms with Crippen molar-refractivity contribution in [3.8, 4) is 0 Å². The molecule has 10 heteroatoms. The number of carbonyl (C=O) groups is 3. The van der Waals surface area contributed by atoms with E-state index in [1.165, 1.54) is 23.6 Å². The van der Waals surface area contributed by atoms with E-state index in [1.807, 2.05) is 19.6 Å². The maximum absolute atomic E-state index is 12.7. The summed E-state index contributed by atoms with van der Waals surface area (Å²) in [5.74, 6) is -0.713. The highest BCUT2D eigenvalue weighted by Gasteiger charge is 2.55. The van der Waals surface area contributed by atoms with Crippen LogP contribution in [0.25, 0.3) is 0 Å². The van der Waals surface area contributed by atoms with Crippen LogP contribution in [0.2, 0.25) is 39.3 Å². The van der Waals surface area contributed by atoms with Crippen LogP contribution >= 0.6 is 11.8 Å². The third kappa shape index (κ3) is 4.75. The van der Waals surface area contributed by atoms with Crippen LogP contribution in [0, 0.1) is 0 Å². The summed E-state index contributed by atoms with van der Waals surface area (Å²) in [6.45, 7) is 13.3. The second kappa shape index (κ2) is 6.90. The van der Waals surface area contributed by atoms with Gasteiger partial charge in [0.15, 0.2) is 5.70 Å². The fourth-order valence-corrected chi connectivity index (χ4v) is 5.87. The van der Waals surface area contributed by atoms with Crippen molar-refractivity contribution in [2.24, 2.45) is 0 Å². The number of carbonyl (C=O) groups excluding carboxylic acids is 3. The number of hydrogen-bond donors (Lipinski definition) is 1. The number of fused-ring (bicyclic) bond motifs is 1. The van der Waals surface area contributed by atoms with Crippen molar-refractivity contribution in [3.63, 3.8) is 0 Å². The van der Waals surface area contributed by atoms with Crippen LogP contribution in [-0.2, 0) is 23.5 Å². The molecule has 0 aromatic heterocycles. The first-order valence-corrected chi connectivity index (χ1v) is 16.1. The van der Waals surface area contributed by atoms with Crippen LogP contribution < -0.4 is 4.98 Å². The second-order valence-electron chi connectivity index (χ2n) is 8.15. The Morgan fingerprint density at radius 1 is 1.20 bits per heavy atom. The fourth-order valence-electron chi connectivity index (χ4n) is 2.63. The van der Waals surface area contributed by atoms with Gasteiger partial charge in [-0.25, -0.2) is 4.79 Å². The average molecular weight is 403 g/mol. The standard InChI is InChI=1S/C15H26N2O5SSi2/c1-9(18)21-10-8-23-14-11(16-24(2,3)4)13(19)17(14)12(10)15(20)22-25(5,6)7/h11,14,16H,8H2,1-7H3/t11?,14-/m1/s1. The van der Waals surface area contributed by atoms with Gasteiger partial charge in [0, 0.05) is 6.92 Å². The van der Waals surface area contributed by atoms with Gasteiger partial charge in [-0.2, -0.15) is 0 Å². The van der Waals surface area contributed by atoms with Gasteiger partial charge in [-0.1, -0.05) is 19.6 Å². The number of hydrogen-bond acceptors (Lipinski definition) is 7. The van der Waals surface area contributed by atoms with E-state index in [9.17, 15) is 14.4 Å². The van der Waals surface area contributed by atoms with E-state index >= 15 is 0 Å². The number of nitrogens with one attached hydrogen (secondary N) is 1. The number of β-lactam (4-membered cyclic amide) rings is 1. The molecule has 2 aliphatic rings. The molecule has 1 fully saturated rings. The van der Waals surface area contributed by atoms with Gasteiger partial charge in [-0.05, 0) is 19.6 Å². The van der Waals surface area contributed by atoms with E-state index in [2.05, 4.69) is 24.6 Å². The molecule has 1 saturated heterocycles. The predicted octanol–water partition coefficient (Wildman–Crippen LogP) is 1.85. The van der Waals surface area contributed by atoms with Crippen LogP contribution in [0.1, 0.15) is 6.92 Å². The first-order chi connectivity index (χ1) is 11.3. The highest BCUT2D eigenvalue weighted by atomic mass is 32.2. The summed E-state index contributed by atoms with van der Waals surface area (Å²) >= 11 is 1.49. The number of ether oxygens (including phenoxy) is 1. The van der Waals surface area contributed by atoms with Crippen molar-refractivity contribution in [1.82, 2.24) is 9.88 Å². The molecule has 0 aliphatic carbocycles. The highest BCUT2D eigenvalue weighted by Crippen LogP contribution is 2.41. The Bertz CT molecular complexity index is 639. The largest absolute Gasteiger partial charge is 0.515 e. The Labute approximate surface area is 154 Å². The number of amides is 1. The van der Waals surface area contributed by atoms with Gasteiger partial charge in [0.1, 0.15) is 25.4 Å². The lowest BCUT2D eigenvalue weighted by Crippen LogP contribution is -2.73. The summed E-state index contributed by atoms with van der Waals surface area (Å²) in [5, 5.41) is -0.178. The van der Waals surface area contributed by atoms with E-state index in [-0.39, 0.29) is 28.8 Å². The lowest BCUT2D eigenvalue weighted by Gasteiger charge is -2.51. The topological polar surface area (TPSA) is 84.9 Å². The number of nitrogens with zero attached hydrogens (tertiary/aromatic N) is 1. The van der Waals surface area contributed by atoms with Crippen LogP contribution in [-0.4, -0.2) is 56.5 Å². The third-order valence-electron chi connectivity index (χ3n) is 3.38. The first-order valence-electron chi connectivity index (χ1n) is 8.17. The van der Waals surface area contributed by atoms with E-state index in [1.54, 1.807) is 0 Å². The molecular formula is C15H26N2O5SSi2. The molecule has 25 heavy (non-hydrogen) atoms. The molecule has 1 unspecified atom stereocenters. The molecule has 0 bridgehead atoms. The molecule has 0 spiro atoms. The molecule has 0 radical (unpaired) electrons. The molecule has 0 aromatic rings. The highest BCUT2D eigenvalue weighted by molar-refractivity contribution is 8.00. The molecule has 2 heterocycles. The van der Waals surface area contributed by atoms with Crippen LogP contribution in [0.15, 0.2) is 11.5 Å². The molecule has 140 valence electrons. The Kier molecular flexibility index (Phi) is 5.57.